The van der Waals surface area contributed by atoms with E-state index >= 15 is 0 Å². The van der Waals surface area contributed by atoms with Gasteiger partial charge in [-0.3, -0.25) is 0 Å². The van der Waals surface area contributed by atoms with Crippen LogP contribution in [0.5, 0.6) is 5.75 Å². The summed E-state index contributed by atoms with van der Waals surface area (Å²) < 4.78 is 5.47. The van der Waals surface area contributed by atoms with E-state index in [1.165, 1.54) is 0 Å². The fourth-order valence-corrected chi connectivity index (χ4v) is 1.28. The Bertz CT molecular complexity index is 235. The zero-order valence-corrected chi connectivity index (χ0v) is 9.02. The topological polar surface area (TPSA) is 9.23 Å². The van der Waals surface area contributed by atoms with E-state index in [9.17, 15) is 0 Å². The highest BCUT2D eigenvalue weighted by atomic mass is 35.5. The third-order valence-electron chi connectivity index (χ3n) is 1.63. The minimum atomic E-state index is 0.739. The molecule has 0 N–H and O–H groups in total. The summed E-state index contributed by atoms with van der Waals surface area (Å²) in [5.74, 6) is 1.80. The van der Waals surface area contributed by atoms with Crippen molar-refractivity contribution in [1.29, 1.82) is 0 Å². The van der Waals surface area contributed by atoms with Gasteiger partial charge in [0.05, 0.1) is 6.61 Å². The molecule has 0 unspecified atom stereocenters. The smallest absolute Gasteiger partial charge is 0.119 e. The lowest BCUT2D eigenvalue weighted by Crippen LogP contribution is -1.97. The molecule has 1 aromatic rings. The highest BCUT2D eigenvalue weighted by Gasteiger charge is 1.92. The summed E-state index contributed by atoms with van der Waals surface area (Å²) in [6.45, 7) is 0.752. The molecule has 72 valence electrons. The van der Waals surface area contributed by atoms with Crippen LogP contribution in [0, 0.1) is 0 Å². The van der Waals surface area contributed by atoms with Gasteiger partial charge in [-0.15, -0.1) is 0 Å². The van der Waals surface area contributed by atoms with Gasteiger partial charge in [-0.05, 0) is 42.9 Å². The van der Waals surface area contributed by atoms with Crippen molar-refractivity contribution in [3.8, 4) is 5.75 Å². The first-order chi connectivity index (χ1) is 6.33. The van der Waals surface area contributed by atoms with Crippen molar-refractivity contribution in [1.82, 2.24) is 0 Å². The van der Waals surface area contributed by atoms with Gasteiger partial charge < -0.3 is 4.74 Å². The monoisotopic (exact) mass is 216 g/mol. The van der Waals surface area contributed by atoms with Crippen LogP contribution in [0.15, 0.2) is 24.3 Å². The molecule has 0 saturated carbocycles. The minimum Gasteiger partial charge on any atom is -0.494 e. The van der Waals surface area contributed by atoms with Crippen molar-refractivity contribution in [2.45, 2.75) is 12.8 Å². The first-order valence-corrected chi connectivity index (χ1v) is 5.33. The van der Waals surface area contributed by atoms with E-state index in [1.807, 2.05) is 24.3 Å². The van der Waals surface area contributed by atoms with Gasteiger partial charge in [0, 0.05) is 5.02 Å². The van der Waals surface area contributed by atoms with Crippen molar-refractivity contribution in [3.05, 3.63) is 29.3 Å². The second-order valence-electron chi connectivity index (χ2n) is 2.73. The third-order valence-corrected chi connectivity index (χ3v) is 2.20. The Balaban J connectivity index is 2.25. The Labute approximate surface area is 89.5 Å². The van der Waals surface area contributed by atoms with Crippen molar-refractivity contribution in [3.63, 3.8) is 0 Å². The van der Waals surface area contributed by atoms with Crippen molar-refractivity contribution < 1.29 is 4.74 Å². The highest BCUT2D eigenvalue weighted by molar-refractivity contribution is 7.80. The van der Waals surface area contributed by atoms with Crippen LogP contribution in [-0.2, 0) is 0 Å². The zero-order chi connectivity index (χ0) is 9.52. The normalized spacial score (nSPS) is 10.0. The predicted octanol–water partition coefficient (Wildman–Crippen LogP) is 3.43. The third kappa shape index (κ3) is 4.44. The number of thiol groups is 1. The molecule has 1 rings (SSSR count). The molecule has 0 heterocycles. The second-order valence-corrected chi connectivity index (χ2v) is 3.62. The van der Waals surface area contributed by atoms with E-state index in [0.29, 0.717) is 0 Å². The summed E-state index contributed by atoms with van der Waals surface area (Å²) in [5.41, 5.74) is 0. The van der Waals surface area contributed by atoms with Gasteiger partial charge in [-0.1, -0.05) is 11.6 Å². The van der Waals surface area contributed by atoms with E-state index < -0.39 is 0 Å². The van der Waals surface area contributed by atoms with E-state index in [4.69, 9.17) is 16.3 Å². The Hall–Kier alpha value is -0.340. The molecule has 0 aromatic heterocycles. The standard InChI is InChI=1S/C10H13ClOS/c11-9-3-5-10(6-4-9)12-7-1-2-8-13/h3-6,13H,1-2,7-8H2. The molecule has 3 heteroatoms. The van der Waals surface area contributed by atoms with Gasteiger partial charge in [-0.25, -0.2) is 0 Å². The number of hydrogen-bond acceptors (Lipinski definition) is 2. The lowest BCUT2D eigenvalue weighted by atomic mass is 10.3. The fourth-order valence-electron chi connectivity index (χ4n) is 0.935. The van der Waals surface area contributed by atoms with Crippen LogP contribution in [0.3, 0.4) is 0 Å². The van der Waals surface area contributed by atoms with Gasteiger partial charge in [0.2, 0.25) is 0 Å². The molecule has 0 aliphatic carbocycles. The first kappa shape index (κ1) is 10.7. The lowest BCUT2D eigenvalue weighted by Gasteiger charge is -2.04. The molecule has 13 heavy (non-hydrogen) atoms. The number of unbranched alkanes of at least 4 members (excludes halogenated alkanes) is 1. The zero-order valence-electron chi connectivity index (χ0n) is 7.37. The molecule has 0 amide bonds. The van der Waals surface area contributed by atoms with Crippen LogP contribution < -0.4 is 4.74 Å². The summed E-state index contributed by atoms with van der Waals surface area (Å²) in [7, 11) is 0. The molecule has 0 fully saturated rings. The van der Waals surface area contributed by atoms with E-state index in [2.05, 4.69) is 12.6 Å². The summed E-state index contributed by atoms with van der Waals surface area (Å²) in [6, 6.07) is 7.41. The lowest BCUT2D eigenvalue weighted by molar-refractivity contribution is 0.310. The quantitative estimate of drug-likeness (QED) is 0.586. The Kier molecular flexibility index (Phi) is 5.09. The largest absolute Gasteiger partial charge is 0.494 e. The summed E-state index contributed by atoms with van der Waals surface area (Å²) >= 11 is 9.85. The Morgan fingerprint density at radius 1 is 1.15 bits per heavy atom. The van der Waals surface area contributed by atoms with Crippen molar-refractivity contribution in [2.75, 3.05) is 12.4 Å². The number of ether oxygens (including phenoxy) is 1. The molecule has 0 spiro atoms. The van der Waals surface area contributed by atoms with Crippen molar-refractivity contribution in [2.24, 2.45) is 0 Å². The first-order valence-electron chi connectivity index (χ1n) is 4.32. The highest BCUT2D eigenvalue weighted by Crippen LogP contribution is 2.15. The van der Waals surface area contributed by atoms with Crippen molar-refractivity contribution >= 4 is 24.2 Å². The predicted molar refractivity (Wildman–Crippen MR) is 60.0 cm³/mol. The molecule has 0 bridgehead atoms. The summed E-state index contributed by atoms with van der Waals surface area (Å²) in [6.07, 6.45) is 2.14. The molecular formula is C10H13ClOS. The molecule has 0 saturated heterocycles. The minimum absolute atomic E-state index is 0.739. The molecule has 0 aliphatic heterocycles. The Morgan fingerprint density at radius 3 is 2.46 bits per heavy atom. The van der Waals surface area contributed by atoms with Crippen LogP contribution in [0.25, 0.3) is 0 Å². The van der Waals surface area contributed by atoms with Crippen LogP contribution in [0.1, 0.15) is 12.8 Å². The number of benzene rings is 1. The SMILES string of the molecule is SCCCCOc1ccc(Cl)cc1. The van der Waals surface area contributed by atoms with Crippen LogP contribution >= 0.6 is 24.2 Å². The number of rotatable bonds is 5. The summed E-state index contributed by atoms with van der Waals surface area (Å²) in [4.78, 5) is 0. The van der Waals surface area contributed by atoms with Crippen LogP contribution in [0.4, 0.5) is 0 Å². The van der Waals surface area contributed by atoms with Crippen LogP contribution in [-0.4, -0.2) is 12.4 Å². The van der Waals surface area contributed by atoms with Gasteiger partial charge in [0.25, 0.3) is 0 Å². The van der Waals surface area contributed by atoms with E-state index in [1.54, 1.807) is 0 Å². The average molecular weight is 217 g/mol. The molecule has 0 atom stereocenters. The van der Waals surface area contributed by atoms with Gasteiger partial charge in [0.1, 0.15) is 5.75 Å². The Morgan fingerprint density at radius 2 is 1.85 bits per heavy atom. The molecule has 1 nitrogen and oxygen atoms in total. The number of hydrogen-bond donors (Lipinski definition) is 1. The maximum Gasteiger partial charge on any atom is 0.119 e. The average Bonchev–Trinajstić information content (AvgIpc) is 2.15. The van der Waals surface area contributed by atoms with Crippen LogP contribution in [0.2, 0.25) is 5.02 Å². The molecule has 1 aromatic carbocycles. The molecular weight excluding hydrogens is 204 g/mol. The molecule has 0 aliphatic rings. The van der Waals surface area contributed by atoms with E-state index in [-0.39, 0.29) is 0 Å². The molecule has 0 radical (unpaired) electrons. The van der Waals surface area contributed by atoms with Gasteiger partial charge >= 0.3 is 0 Å². The fraction of sp³-hybridized carbons (Fsp3) is 0.400. The van der Waals surface area contributed by atoms with E-state index in [0.717, 1.165) is 36.0 Å². The maximum atomic E-state index is 5.73. The number of halogens is 1. The van der Waals surface area contributed by atoms with Gasteiger partial charge in [0.15, 0.2) is 0 Å². The van der Waals surface area contributed by atoms with Gasteiger partial charge in [-0.2, -0.15) is 12.6 Å². The maximum absolute atomic E-state index is 5.73. The summed E-state index contributed by atoms with van der Waals surface area (Å²) in [5, 5.41) is 0.739. The second kappa shape index (κ2) is 6.17.